The zero-order valence-electron chi connectivity index (χ0n) is 22.8. The third-order valence-corrected chi connectivity index (χ3v) is 7.68. The van der Waals surface area contributed by atoms with E-state index in [4.69, 9.17) is 14.2 Å². The Morgan fingerprint density at radius 2 is 1.88 bits per heavy atom. The van der Waals surface area contributed by atoms with Crippen molar-refractivity contribution < 1.29 is 33.3 Å². The lowest BCUT2D eigenvalue weighted by atomic mass is 9.95. The molecule has 1 aliphatic heterocycles. The summed E-state index contributed by atoms with van der Waals surface area (Å²) in [6.07, 6.45) is 1.83. The SMILES string of the molecule is CCCCOc1cccc(/C(O)=C2\C(=O)C(=O)N(c3nc4ccc(F)cc4s3)C2c2ccc(OCC)c(OC)c2)c1. The van der Waals surface area contributed by atoms with Crippen molar-refractivity contribution in [3.63, 3.8) is 0 Å². The number of aliphatic hydroxyl groups is 1. The highest BCUT2D eigenvalue weighted by molar-refractivity contribution is 7.22. The summed E-state index contributed by atoms with van der Waals surface area (Å²) in [5.41, 5.74) is 1.18. The second-order valence-electron chi connectivity index (χ2n) is 9.35. The number of thiazole rings is 1. The van der Waals surface area contributed by atoms with Crippen molar-refractivity contribution in [2.75, 3.05) is 25.2 Å². The molecule has 0 saturated carbocycles. The van der Waals surface area contributed by atoms with Crippen LogP contribution in [0.25, 0.3) is 16.0 Å². The maximum Gasteiger partial charge on any atom is 0.301 e. The van der Waals surface area contributed by atoms with Gasteiger partial charge in [-0.05, 0) is 61.4 Å². The number of Topliss-reactive ketones (excluding diaryl/α,β-unsaturated/α-hetero) is 1. The van der Waals surface area contributed by atoms with Gasteiger partial charge in [0.2, 0.25) is 0 Å². The summed E-state index contributed by atoms with van der Waals surface area (Å²) in [7, 11) is 1.49. The number of benzene rings is 3. The van der Waals surface area contributed by atoms with Crippen LogP contribution in [0.2, 0.25) is 0 Å². The molecule has 5 rings (SSSR count). The molecule has 0 spiro atoms. The standard InChI is InChI=1S/C31H29FN2O6S/c1-4-6-14-40-21-9-7-8-19(15-21)28(35)26-27(18-10-13-23(39-5-2)24(16-18)38-3)34(30(37)29(26)36)31-33-22-12-11-20(32)17-25(22)41-31/h7-13,15-17,27,35H,4-6,14H2,1-3H3/b28-26+. The minimum Gasteiger partial charge on any atom is -0.507 e. The number of carbonyl (C=O) groups excluding carboxylic acids is 2. The predicted molar refractivity (Wildman–Crippen MR) is 155 cm³/mol. The van der Waals surface area contributed by atoms with E-state index in [0.29, 0.717) is 51.8 Å². The fraction of sp³-hybridized carbons (Fsp3) is 0.258. The molecule has 1 amide bonds. The molecule has 1 aromatic heterocycles. The lowest BCUT2D eigenvalue weighted by Crippen LogP contribution is -2.29. The van der Waals surface area contributed by atoms with Crippen LogP contribution >= 0.6 is 11.3 Å². The van der Waals surface area contributed by atoms with E-state index in [0.717, 1.165) is 24.2 Å². The number of carbonyl (C=O) groups is 2. The Bertz CT molecular complexity index is 1650. The molecule has 41 heavy (non-hydrogen) atoms. The summed E-state index contributed by atoms with van der Waals surface area (Å²) in [5.74, 6) is -1.11. The number of rotatable bonds is 10. The van der Waals surface area contributed by atoms with Gasteiger partial charge in [0.15, 0.2) is 16.6 Å². The Labute approximate surface area is 240 Å². The lowest BCUT2D eigenvalue weighted by molar-refractivity contribution is -0.132. The number of hydrogen-bond donors (Lipinski definition) is 1. The highest BCUT2D eigenvalue weighted by Crippen LogP contribution is 2.46. The summed E-state index contributed by atoms with van der Waals surface area (Å²) in [5, 5.41) is 11.7. The highest BCUT2D eigenvalue weighted by Gasteiger charge is 2.48. The van der Waals surface area contributed by atoms with Gasteiger partial charge in [-0.1, -0.05) is 42.9 Å². The van der Waals surface area contributed by atoms with Crippen molar-refractivity contribution in [3.05, 3.63) is 83.2 Å². The number of hydrogen-bond acceptors (Lipinski definition) is 8. The molecule has 1 unspecified atom stereocenters. The minimum absolute atomic E-state index is 0.114. The van der Waals surface area contributed by atoms with Crippen LogP contribution in [0.15, 0.2) is 66.2 Å². The summed E-state index contributed by atoms with van der Waals surface area (Å²) in [6, 6.07) is 14.9. The Morgan fingerprint density at radius 1 is 1.05 bits per heavy atom. The number of ketones is 1. The van der Waals surface area contributed by atoms with E-state index in [-0.39, 0.29) is 16.5 Å². The Morgan fingerprint density at radius 3 is 2.63 bits per heavy atom. The molecular weight excluding hydrogens is 547 g/mol. The van der Waals surface area contributed by atoms with Gasteiger partial charge in [-0.3, -0.25) is 14.5 Å². The first-order chi connectivity index (χ1) is 19.9. The molecule has 2 heterocycles. The van der Waals surface area contributed by atoms with Crippen LogP contribution in [-0.2, 0) is 9.59 Å². The Hall–Kier alpha value is -4.44. The van der Waals surface area contributed by atoms with E-state index in [2.05, 4.69) is 11.9 Å². The van der Waals surface area contributed by atoms with Crippen LogP contribution in [0, 0.1) is 5.82 Å². The largest absolute Gasteiger partial charge is 0.507 e. The number of anilines is 1. The first-order valence-corrected chi connectivity index (χ1v) is 14.1. The molecular formula is C31H29FN2O6S. The number of halogens is 1. The minimum atomic E-state index is -1.05. The number of aromatic nitrogens is 1. The van der Waals surface area contributed by atoms with Gasteiger partial charge in [0.1, 0.15) is 17.3 Å². The van der Waals surface area contributed by atoms with Crippen molar-refractivity contribution in [2.45, 2.75) is 32.7 Å². The predicted octanol–water partition coefficient (Wildman–Crippen LogP) is 6.65. The summed E-state index contributed by atoms with van der Waals surface area (Å²) >= 11 is 1.08. The second-order valence-corrected chi connectivity index (χ2v) is 10.4. The van der Waals surface area contributed by atoms with Gasteiger partial charge >= 0.3 is 5.91 Å². The smallest absolute Gasteiger partial charge is 0.301 e. The highest BCUT2D eigenvalue weighted by atomic mass is 32.1. The normalized spacial score (nSPS) is 16.4. The molecule has 0 radical (unpaired) electrons. The van der Waals surface area contributed by atoms with Gasteiger partial charge in [0.25, 0.3) is 5.78 Å². The number of unbranched alkanes of at least 4 members (excludes halogenated alkanes) is 1. The number of fused-ring (bicyclic) bond motifs is 1. The van der Waals surface area contributed by atoms with Crippen molar-refractivity contribution >= 4 is 44.1 Å². The molecule has 4 aromatic rings. The van der Waals surface area contributed by atoms with Gasteiger partial charge < -0.3 is 19.3 Å². The summed E-state index contributed by atoms with van der Waals surface area (Å²) < 4.78 is 31.4. The van der Waals surface area contributed by atoms with E-state index < -0.39 is 23.5 Å². The number of amides is 1. The molecule has 1 saturated heterocycles. The molecule has 1 fully saturated rings. The zero-order chi connectivity index (χ0) is 29.1. The Kier molecular flexibility index (Phi) is 8.21. The van der Waals surface area contributed by atoms with Gasteiger partial charge in [-0.15, -0.1) is 0 Å². The van der Waals surface area contributed by atoms with Gasteiger partial charge in [-0.2, -0.15) is 0 Å². The molecule has 1 N–H and O–H groups in total. The van der Waals surface area contributed by atoms with E-state index in [1.54, 1.807) is 42.5 Å². The van der Waals surface area contributed by atoms with Crippen molar-refractivity contribution in [3.8, 4) is 17.2 Å². The van der Waals surface area contributed by atoms with E-state index in [1.807, 2.05) is 6.92 Å². The first-order valence-electron chi connectivity index (χ1n) is 13.3. The third kappa shape index (κ3) is 5.47. The van der Waals surface area contributed by atoms with Crippen LogP contribution < -0.4 is 19.1 Å². The second kappa shape index (κ2) is 12.0. The monoisotopic (exact) mass is 576 g/mol. The molecule has 1 aliphatic rings. The number of nitrogens with zero attached hydrogens (tertiary/aromatic N) is 2. The van der Waals surface area contributed by atoms with Crippen molar-refractivity contribution in [1.82, 2.24) is 4.98 Å². The van der Waals surface area contributed by atoms with Gasteiger partial charge in [0, 0.05) is 5.56 Å². The average Bonchev–Trinajstić information content (AvgIpc) is 3.50. The van der Waals surface area contributed by atoms with Crippen LogP contribution in [-0.4, -0.2) is 42.1 Å². The van der Waals surface area contributed by atoms with Crippen LogP contribution in [0.3, 0.4) is 0 Å². The first kappa shape index (κ1) is 28.1. The molecule has 212 valence electrons. The van der Waals surface area contributed by atoms with E-state index in [9.17, 15) is 19.1 Å². The Balaban J connectivity index is 1.68. The lowest BCUT2D eigenvalue weighted by Gasteiger charge is -2.24. The van der Waals surface area contributed by atoms with Crippen molar-refractivity contribution in [1.29, 1.82) is 0 Å². The maximum absolute atomic E-state index is 13.9. The topological polar surface area (TPSA) is 98.2 Å². The third-order valence-electron chi connectivity index (χ3n) is 6.67. The summed E-state index contributed by atoms with van der Waals surface area (Å²) in [6.45, 7) is 4.82. The fourth-order valence-corrected chi connectivity index (χ4v) is 5.70. The zero-order valence-corrected chi connectivity index (χ0v) is 23.7. The van der Waals surface area contributed by atoms with Gasteiger partial charge in [-0.25, -0.2) is 9.37 Å². The molecule has 10 heteroatoms. The van der Waals surface area contributed by atoms with E-state index in [1.165, 1.54) is 30.2 Å². The molecule has 0 aliphatic carbocycles. The van der Waals surface area contributed by atoms with Crippen LogP contribution in [0.4, 0.5) is 9.52 Å². The van der Waals surface area contributed by atoms with Crippen LogP contribution in [0.1, 0.15) is 43.9 Å². The van der Waals surface area contributed by atoms with Crippen LogP contribution in [0.5, 0.6) is 17.2 Å². The number of ether oxygens (including phenoxy) is 3. The molecule has 1 atom stereocenters. The average molecular weight is 577 g/mol. The van der Waals surface area contributed by atoms with E-state index >= 15 is 0 Å². The molecule has 3 aromatic carbocycles. The van der Waals surface area contributed by atoms with Crippen molar-refractivity contribution in [2.24, 2.45) is 0 Å². The van der Waals surface area contributed by atoms with Gasteiger partial charge in [0.05, 0.1) is 42.2 Å². The number of aliphatic hydroxyl groups excluding tert-OH is 1. The molecule has 0 bridgehead atoms. The molecule has 8 nitrogen and oxygen atoms in total. The fourth-order valence-electron chi connectivity index (χ4n) is 4.69. The maximum atomic E-state index is 13.9. The number of methoxy groups -OCH3 is 1. The quantitative estimate of drug-likeness (QED) is 0.0977. The summed E-state index contributed by atoms with van der Waals surface area (Å²) in [4.78, 5) is 33.0.